The monoisotopic (exact) mass is 433 g/mol. The molecule has 0 heterocycles. The summed E-state index contributed by atoms with van der Waals surface area (Å²) in [6, 6.07) is 8.72. The molecule has 7 heteroatoms. The summed E-state index contributed by atoms with van der Waals surface area (Å²) in [5, 5.41) is 3.06. The molecule has 0 bridgehead atoms. The zero-order chi connectivity index (χ0) is 19.5. The van der Waals surface area contributed by atoms with E-state index in [9.17, 15) is 4.79 Å². The molecule has 1 aromatic rings. The molecule has 0 spiro atoms. The van der Waals surface area contributed by atoms with Crippen LogP contribution in [0, 0.1) is 5.41 Å². The molecule has 1 fully saturated rings. The van der Waals surface area contributed by atoms with E-state index in [1.807, 2.05) is 32.9 Å². The van der Waals surface area contributed by atoms with E-state index in [1.165, 1.54) is 5.56 Å². The Bertz CT molecular complexity index is 640. The van der Waals surface area contributed by atoms with Gasteiger partial charge in [0.15, 0.2) is 0 Å². The third-order valence-corrected chi connectivity index (χ3v) is 6.09. The van der Waals surface area contributed by atoms with E-state index in [4.69, 9.17) is 10.5 Å². The highest BCUT2D eigenvalue weighted by molar-refractivity contribution is 5.88. The largest absolute Gasteiger partial charge is 0.378 e. The molecule has 0 aromatic heterocycles. The fourth-order valence-electron chi connectivity index (χ4n) is 3.49. The van der Waals surface area contributed by atoms with E-state index in [0.29, 0.717) is 25.6 Å². The van der Waals surface area contributed by atoms with Crippen molar-refractivity contribution < 1.29 is 9.53 Å². The Balaban J connectivity index is 0.00000364. The number of nitrogens with zero attached hydrogens (tertiary/aromatic N) is 1. The van der Waals surface area contributed by atoms with Gasteiger partial charge in [0, 0.05) is 37.6 Å². The number of carbonyl (C=O) groups excluding carboxylic acids is 1. The molecule has 2 unspecified atom stereocenters. The first kappa shape index (κ1) is 27.1. The molecular formula is C21H37Cl2N3O2. The Labute approximate surface area is 182 Å². The number of halogens is 2. The van der Waals surface area contributed by atoms with Crippen LogP contribution in [0.4, 0.5) is 0 Å². The third-order valence-electron chi connectivity index (χ3n) is 6.09. The van der Waals surface area contributed by atoms with Crippen molar-refractivity contribution in [3.63, 3.8) is 0 Å². The van der Waals surface area contributed by atoms with Gasteiger partial charge in [-0.15, -0.1) is 24.8 Å². The van der Waals surface area contributed by atoms with Crippen molar-refractivity contribution in [2.24, 2.45) is 11.1 Å². The van der Waals surface area contributed by atoms with Crippen LogP contribution in [-0.2, 0) is 22.6 Å². The van der Waals surface area contributed by atoms with Crippen LogP contribution >= 0.6 is 24.8 Å². The highest BCUT2D eigenvalue weighted by Crippen LogP contribution is 2.49. The minimum absolute atomic E-state index is 0. The van der Waals surface area contributed by atoms with Crippen LogP contribution in [0.5, 0.6) is 0 Å². The fourth-order valence-corrected chi connectivity index (χ4v) is 3.49. The SMILES string of the molecule is CCOC1CC(N)(C(=O)NCc2ccccc2CN(C)C(C)C)C1(C)C.Cl.Cl. The first-order valence-corrected chi connectivity index (χ1v) is 9.59. The van der Waals surface area contributed by atoms with Gasteiger partial charge in [-0.3, -0.25) is 9.69 Å². The summed E-state index contributed by atoms with van der Waals surface area (Å²) in [7, 11) is 2.11. The lowest BCUT2D eigenvalue weighted by Crippen LogP contribution is -2.75. The van der Waals surface area contributed by atoms with Crippen LogP contribution in [0.1, 0.15) is 52.2 Å². The van der Waals surface area contributed by atoms with Gasteiger partial charge in [0.2, 0.25) is 5.91 Å². The Morgan fingerprint density at radius 1 is 1.29 bits per heavy atom. The maximum Gasteiger partial charge on any atom is 0.241 e. The smallest absolute Gasteiger partial charge is 0.241 e. The highest BCUT2D eigenvalue weighted by Gasteiger charge is 2.62. The first-order chi connectivity index (χ1) is 12.1. The second-order valence-corrected chi connectivity index (χ2v) is 8.30. The summed E-state index contributed by atoms with van der Waals surface area (Å²) < 4.78 is 5.72. The molecule has 1 aliphatic carbocycles. The molecule has 2 atom stereocenters. The van der Waals surface area contributed by atoms with Crippen molar-refractivity contribution in [1.29, 1.82) is 0 Å². The van der Waals surface area contributed by atoms with Gasteiger partial charge in [0.1, 0.15) is 5.54 Å². The van der Waals surface area contributed by atoms with Crippen molar-refractivity contribution in [2.75, 3.05) is 13.7 Å². The first-order valence-electron chi connectivity index (χ1n) is 9.59. The number of ether oxygens (including phenoxy) is 1. The van der Waals surface area contributed by atoms with Crippen LogP contribution in [0.2, 0.25) is 0 Å². The second-order valence-electron chi connectivity index (χ2n) is 8.30. The summed E-state index contributed by atoms with van der Waals surface area (Å²) in [6.07, 6.45) is 0.604. The van der Waals surface area contributed by atoms with Gasteiger partial charge >= 0.3 is 0 Å². The van der Waals surface area contributed by atoms with E-state index in [0.717, 1.165) is 12.1 Å². The van der Waals surface area contributed by atoms with Crippen molar-refractivity contribution in [3.8, 4) is 0 Å². The molecule has 0 radical (unpaired) electrons. The van der Waals surface area contributed by atoms with Crippen molar-refractivity contribution in [2.45, 2.75) is 71.8 Å². The number of rotatable bonds is 8. The Morgan fingerprint density at radius 3 is 2.36 bits per heavy atom. The molecule has 0 saturated heterocycles. The molecule has 1 saturated carbocycles. The zero-order valence-electron chi connectivity index (χ0n) is 18.0. The topological polar surface area (TPSA) is 67.6 Å². The van der Waals surface area contributed by atoms with Gasteiger partial charge in [-0.25, -0.2) is 0 Å². The van der Waals surface area contributed by atoms with Gasteiger partial charge in [-0.2, -0.15) is 0 Å². The van der Waals surface area contributed by atoms with Gasteiger partial charge in [0.25, 0.3) is 0 Å². The fraction of sp³-hybridized carbons (Fsp3) is 0.667. The molecule has 162 valence electrons. The Kier molecular flexibility index (Phi) is 10.5. The summed E-state index contributed by atoms with van der Waals surface area (Å²) in [6.45, 7) is 12.3. The average molecular weight is 434 g/mol. The van der Waals surface area contributed by atoms with E-state index in [1.54, 1.807) is 0 Å². The third kappa shape index (κ3) is 5.39. The minimum atomic E-state index is -0.878. The van der Waals surface area contributed by atoms with Crippen molar-refractivity contribution in [1.82, 2.24) is 10.2 Å². The van der Waals surface area contributed by atoms with E-state index >= 15 is 0 Å². The molecule has 1 amide bonds. The maximum atomic E-state index is 12.8. The zero-order valence-corrected chi connectivity index (χ0v) is 19.6. The summed E-state index contributed by atoms with van der Waals surface area (Å²) in [5.41, 5.74) is 7.58. The van der Waals surface area contributed by atoms with E-state index in [2.05, 4.69) is 43.2 Å². The Morgan fingerprint density at radius 2 is 1.86 bits per heavy atom. The molecule has 0 aliphatic heterocycles. The summed E-state index contributed by atoms with van der Waals surface area (Å²) >= 11 is 0. The lowest BCUT2D eigenvalue weighted by Gasteiger charge is -2.57. The van der Waals surface area contributed by atoms with Crippen LogP contribution in [0.15, 0.2) is 24.3 Å². The second kappa shape index (κ2) is 10.8. The van der Waals surface area contributed by atoms with Crippen LogP contribution in [0.25, 0.3) is 0 Å². The van der Waals surface area contributed by atoms with Crippen molar-refractivity contribution in [3.05, 3.63) is 35.4 Å². The number of benzene rings is 1. The molecule has 5 nitrogen and oxygen atoms in total. The quantitative estimate of drug-likeness (QED) is 0.657. The number of carbonyl (C=O) groups is 1. The summed E-state index contributed by atoms with van der Waals surface area (Å²) in [4.78, 5) is 15.1. The van der Waals surface area contributed by atoms with Gasteiger partial charge < -0.3 is 15.8 Å². The van der Waals surface area contributed by atoms with Crippen LogP contribution < -0.4 is 11.1 Å². The number of hydrogen-bond donors (Lipinski definition) is 2. The Hall–Kier alpha value is -0.850. The van der Waals surface area contributed by atoms with Crippen molar-refractivity contribution >= 4 is 30.7 Å². The molecule has 28 heavy (non-hydrogen) atoms. The minimum Gasteiger partial charge on any atom is -0.378 e. The van der Waals surface area contributed by atoms with Crippen LogP contribution in [-0.4, -0.2) is 42.1 Å². The van der Waals surface area contributed by atoms with Gasteiger partial charge in [-0.05, 0) is 38.9 Å². The number of amides is 1. The number of nitrogens with one attached hydrogen (secondary N) is 1. The predicted octanol–water partition coefficient (Wildman–Crippen LogP) is 3.52. The average Bonchev–Trinajstić information content (AvgIpc) is 2.60. The molecule has 2 rings (SSSR count). The molecule has 3 N–H and O–H groups in total. The van der Waals surface area contributed by atoms with Gasteiger partial charge in [-0.1, -0.05) is 38.1 Å². The van der Waals surface area contributed by atoms with E-state index < -0.39 is 5.54 Å². The lowest BCUT2D eigenvalue weighted by molar-refractivity contribution is -0.170. The lowest BCUT2D eigenvalue weighted by atomic mass is 9.54. The highest BCUT2D eigenvalue weighted by atomic mass is 35.5. The number of hydrogen-bond acceptors (Lipinski definition) is 4. The summed E-state index contributed by atoms with van der Waals surface area (Å²) in [5.74, 6) is -0.0922. The predicted molar refractivity (Wildman–Crippen MR) is 120 cm³/mol. The molecule has 1 aromatic carbocycles. The number of nitrogens with two attached hydrogens (primary N) is 1. The standard InChI is InChI=1S/C21H35N3O2.2ClH/c1-7-26-18-12-21(22,20(18,4)5)19(25)23-13-16-10-8-9-11-17(16)14-24(6)15(2)3;;/h8-11,15,18H,7,12-14,22H2,1-6H3,(H,23,25);2*1H. The normalized spacial score (nSPS) is 22.8. The van der Waals surface area contributed by atoms with Crippen LogP contribution in [0.3, 0.4) is 0 Å². The molecular weight excluding hydrogens is 397 g/mol. The van der Waals surface area contributed by atoms with Gasteiger partial charge in [0.05, 0.1) is 6.10 Å². The van der Waals surface area contributed by atoms with E-state index in [-0.39, 0.29) is 42.2 Å². The maximum absolute atomic E-state index is 12.8. The molecule has 1 aliphatic rings.